The summed E-state index contributed by atoms with van der Waals surface area (Å²) in [4.78, 5) is 24.2. The minimum Gasteiger partial charge on any atom is -0.369 e. The number of carbonyl (C=O) groups is 1. The largest absolute Gasteiger partial charge is 0.369 e. The fourth-order valence-electron chi connectivity index (χ4n) is 1.88. The molecule has 0 radical (unpaired) electrons. The van der Waals surface area contributed by atoms with E-state index in [9.17, 15) is 4.79 Å². The lowest BCUT2D eigenvalue weighted by Gasteiger charge is -2.06. The highest BCUT2D eigenvalue weighted by Gasteiger charge is 2.05. The smallest absolute Gasteiger partial charge is 0.321 e. The van der Waals surface area contributed by atoms with Crippen molar-refractivity contribution in [1.29, 1.82) is 0 Å². The van der Waals surface area contributed by atoms with Gasteiger partial charge in [0, 0.05) is 18.9 Å². The zero-order valence-electron chi connectivity index (χ0n) is 12.1. The van der Waals surface area contributed by atoms with Crippen molar-refractivity contribution in [1.82, 2.24) is 20.6 Å². The summed E-state index contributed by atoms with van der Waals surface area (Å²) in [6.07, 6.45) is 3.35. The van der Waals surface area contributed by atoms with Crippen LogP contribution >= 0.6 is 11.3 Å². The zero-order valence-corrected chi connectivity index (χ0v) is 12.9. The summed E-state index contributed by atoms with van der Waals surface area (Å²) in [5, 5.41) is 5.64. The summed E-state index contributed by atoms with van der Waals surface area (Å²) >= 11 is 1.40. The second-order valence-electron chi connectivity index (χ2n) is 4.63. The van der Waals surface area contributed by atoms with E-state index in [2.05, 4.69) is 25.6 Å². The maximum Gasteiger partial charge on any atom is 0.321 e. The van der Waals surface area contributed by atoms with Crippen LogP contribution in [0.3, 0.4) is 0 Å². The molecular weight excluding hydrogens is 312 g/mol. The lowest BCUT2D eigenvalue weighted by Crippen LogP contribution is -2.42. The van der Waals surface area contributed by atoms with Gasteiger partial charge in [0.25, 0.3) is 0 Å². The molecule has 3 aromatic rings. The van der Waals surface area contributed by atoms with Crippen molar-refractivity contribution < 1.29 is 4.79 Å². The number of nitrogens with zero attached hydrogens (tertiary/aromatic N) is 3. The monoisotopic (exact) mass is 326 g/mol. The second-order valence-corrected chi connectivity index (χ2v) is 5.64. The molecule has 1 aromatic carbocycles. The van der Waals surface area contributed by atoms with Crippen LogP contribution in [0.15, 0.2) is 53.8 Å². The number of carbonyl (C=O) groups excluding carboxylic acids is 1. The summed E-state index contributed by atoms with van der Waals surface area (Å²) in [7, 11) is 0. The number of thiazole rings is 1. The van der Waals surface area contributed by atoms with Gasteiger partial charge in [0.05, 0.1) is 10.2 Å². The minimum atomic E-state index is -0.434. The van der Waals surface area contributed by atoms with Gasteiger partial charge in [-0.1, -0.05) is 29.5 Å². The molecule has 0 atom stereocenters. The maximum absolute atomic E-state index is 11.8. The van der Waals surface area contributed by atoms with Crippen LogP contribution in [0.2, 0.25) is 0 Å². The van der Waals surface area contributed by atoms with Crippen molar-refractivity contribution in [2.24, 2.45) is 10.7 Å². The number of rotatable bonds is 3. The molecule has 0 spiro atoms. The Morgan fingerprint density at radius 2 is 2.13 bits per heavy atom. The van der Waals surface area contributed by atoms with Crippen molar-refractivity contribution in [3.8, 4) is 0 Å². The highest BCUT2D eigenvalue weighted by Crippen LogP contribution is 2.27. The van der Waals surface area contributed by atoms with Crippen LogP contribution < -0.4 is 16.4 Å². The van der Waals surface area contributed by atoms with E-state index in [4.69, 9.17) is 5.73 Å². The Hall–Kier alpha value is -3.00. The van der Waals surface area contributed by atoms with E-state index in [1.165, 1.54) is 11.3 Å². The summed E-state index contributed by atoms with van der Waals surface area (Å²) in [5.74, 6) is -0.00672. The van der Waals surface area contributed by atoms with Crippen molar-refractivity contribution in [2.75, 3.05) is 0 Å². The summed E-state index contributed by atoms with van der Waals surface area (Å²) in [6.45, 7) is 0.355. The molecule has 2 aromatic heterocycles. The van der Waals surface area contributed by atoms with Crippen LogP contribution in [0.1, 0.15) is 5.56 Å². The van der Waals surface area contributed by atoms with Crippen LogP contribution in [-0.2, 0) is 6.54 Å². The van der Waals surface area contributed by atoms with E-state index in [-0.39, 0.29) is 5.96 Å². The second kappa shape index (κ2) is 6.84. The average molecular weight is 326 g/mol. The van der Waals surface area contributed by atoms with Crippen LogP contribution in [0, 0.1) is 0 Å². The quantitative estimate of drug-likeness (QED) is 0.506. The van der Waals surface area contributed by atoms with Crippen LogP contribution in [0.5, 0.6) is 0 Å². The molecule has 0 aliphatic heterocycles. The lowest BCUT2D eigenvalue weighted by atomic mass is 10.3. The van der Waals surface area contributed by atoms with Gasteiger partial charge in [0.2, 0.25) is 11.1 Å². The molecule has 0 fully saturated rings. The molecule has 116 valence electrons. The van der Waals surface area contributed by atoms with Gasteiger partial charge in [-0.3, -0.25) is 10.3 Å². The van der Waals surface area contributed by atoms with Crippen LogP contribution in [0.4, 0.5) is 9.93 Å². The normalized spacial score (nSPS) is 11.4. The lowest BCUT2D eigenvalue weighted by molar-refractivity contribution is 0.245. The molecule has 0 aliphatic carbocycles. The number of aliphatic imine (C=N–C) groups is 1. The molecule has 0 saturated carbocycles. The Labute approximate surface area is 136 Å². The topological polar surface area (TPSA) is 105 Å². The predicted octanol–water partition coefficient (Wildman–Crippen LogP) is 2.14. The number of guanidine groups is 1. The van der Waals surface area contributed by atoms with Gasteiger partial charge in [-0.15, -0.1) is 0 Å². The number of pyridine rings is 1. The molecule has 8 heteroatoms. The minimum absolute atomic E-state index is 0.00672. The first-order valence-electron chi connectivity index (χ1n) is 6.84. The van der Waals surface area contributed by atoms with Gasteiger partial charge in [-0.05, 0) is 23.8 Å². The molecule has 0 saturated heterocycles. The SMILES string of the molecule is N/C(=N\c1nc2ccccc2s1)NC(=O)NCc1cccnc1. The molecule has 23 heavy (non-hydrogen) atoms. The Morgan fingerprint density at radius 1 is 1.26 bits per heavy atom. The highest BCUT2D eigenvalue weighted by atomic mass is 32.1. The molecule has 4 N–H and O–H groups in total. The number of amides is 2. The molecule has 0 unspecified atom stereocenters. The van der Waals surface area contributed by atoms with Crippen molar-refractivity contribution in [3.05, 3.63) is 54.4 Å². The van der Waals surface area contributed by atoms with Gasteiger partial charge in [-0.25, -0.2) is 9.78 Å². The Kier molecular flexibility index (Phi) is 4.44. The number of fused-ring (bicyclic) bond motifs is 1. The maximum atomic E-state index is 11.8. The van der Waals surface area contributed by atoms with Gasteiger partial charge in [0.1, 0.15) is 0 Å². The number of hydrogen-bond acceptors (Lipinski definition) is 5. The van der Waals surface area contributed by atoms with Crippen molar-refractivity contribution in [2.45, 2.75) is 6.54 Å². The number of aromatic nitrogens is 2. The Balaban J connectivity index is 1.59. The molecule has 2 amide bonds. The number of para-hydroxylation sites is 1. The fourth-order valence-corrected chi connectivity index (χ4v) is 2.73. The first kappa shape index (κ1) is 14.9. The molecule has 2 heterocycles. The molecule has 0 bridgehead atoms. The third kappa shape index (κ3) is 4.01. The van der Waals surface area contributed by atoms with Crippen LogP contribution in [0.25, 0.3) is 10.2 Å². The van der Waals surface area contributed by atoms with Gasteiger partial charge >= 0.3 is 6.03 Å². The van der Waals surface area contributed by atoms with E-state index >= 15 is 0 Å². The van der Waals surface area contributed by atoms with E-state index in [0.717, 1.165) is 15.8 Å². The fraction of sp³-hybridized carbons (Fsp3) is 0.0667. The van der Waals surface area contributed by atoms with Gasteiger partial charge < -0.3 is 11.1 Å². The first-order chi connectivity index (χ1) is 11.2. The van der Waals surface area contributed by atoms with Gasteiger partial charge in [-0.2, -0.15) is 4.99 Å². The first-order valence-corrected chi connectivity index (χ1v) is 7.66. The van der Waals surface area contributed by atoms with E-state index < -0.39 is 6.03 Å². The third-order valence-corrected chi connectivity index (χ3v) is 3.85. The van der Waals surface area contributed by atoms with Crippen molar-refractivity contribution in [3.63, 3.8) is 0 Å². The third-order valence-electron chi connectivity index (χ3n) is 2.92. The summed E-state index contributed by atoms with van der Waals surface area (Å²) in [5.41, 5.74) is 7.47. The number of hydrogen-bond donors (Lipinski definition) is 3. The molecule has 0 aliphatic rings. The zero-order chi connectivity index (χ0) is 16.1. The Morgan fingerprint density at radius 3 is 2.91 bits per heavy atom. The number of benzene rings is 1. The van der Waals surface area contributed by atoms with Gasteiger partial charge in [0.15, 0.2) is 0 Å². The predicted molar refractivity (Wildman–Crippen MR) is 90.5 cm³/mol. The van der Waals surface area contributed by atoms with Crippen LogP contribution in [-0.4, -0.2) is 22.0 Å². The molecule has 7 nitrogen and oxygen atoms in total. The van der Waals surface area contributed by atoms with Crippen molar-refractivity contribution >= 4 is 38.7 Å². The highest BCUT2D eigenvalue weighted by molar-refractivity contribution is 7.22. The van der Waals surface area contributed by atoms with E-state index in [1.807, 2.05) is 30.3 Å². The number of urea groups is 1. The summed E-state index contributed by atoms with van der Waals surface area (Å²) < 4.78 is 1.01. The number of nitrogens with one attached hydrogen (secondary N) is 2. The number of nitrogens with two attached hydrogens (primary N) is 1. The Bertz CT molecular complexity index is 812. The molecular formula is C15H14N6OS. The van der Waals surface area contributed by atoms with E-state index in [0.29, 0.717) is 11.7 Å². The van der Waals surface area contributed by atoms with E-state index in [1.54, 1.807) is 18.5 Å². The standard InChI is InChI=1S/C15H14N6OS/c16-13(20-14(22)18-9-10-4-3-7-17-8-10)21-15-19-11-5-1-2-6-12(11)23-15/h1-8H,9H2,(H4,16,18,19,20,21,22). The summed E-state index contributed by atoms with van der Waals surface area (Å²) in [6, 6.07) is 10.9. The molecule has 3 rings (SSSR count). The average Bonchev–Trinajstić information content (AvgIpc) is 2.96.